The molecule has 0 aromatic heterocycles. The Balaban J connectivity index is 2.34. The molecule has 1 aliphatic heterocycles. The van der Waals surface area contributed by atoms with E-state index in [1.165, 1.54) is 0 Å². The minimum absolute atomic E-state index is 0.0168. The largest absolute Gasteiger partial charge is 0.478 e. The number of nitrogens with two attached hydrogens (primary N) is 1. The standard InChI is InChI=1S/C7H15N3O/c1-5(10-6(2)8)7-9-3-4-11-7/h5-6,10H,3-4,8H2,1-2H3. The average Bonchev–Trinajstić information content (AvgIpc) is 2.35. The van der Waals surface area contributed by atoms with E-state index >= 15 is 0 Å². The van der Waals surface area contributed by atoms with Crippen molar-refractivity contribution in [2.45, 2.75) is 26.1 Å². The maximum atomic E-state index is 5.54. The molecule has 2 atom stereocenters. The van der Waals surface area contributed by atoms with Crippen LogP contribution in [0.2, 0.25) is 0 Å². The van der Waals surface area contributed by atoms with E-state index in [4.69, 9.17) is 10.5 Å². The predicted octanol–water partition coefficient (Wildman–Crippen LogP) is -0.302. The van der Waals surface area contributed by atoms with Gasteiger partial charge in [-0.1, -0.05) is 0 Å². The number of rotatable bonds is 3. The highest BCUT2D eigenvalue weighted by Crippen LogP contribution is 1.98. The highest BCUT2D eigenvalue weighted by molar-refractivity contribution is 5.82. The van der Waals surface area contributed by atoms with E-state index in [9.17, 15) is 0 Å². The van der Waals surface area contributed by atoms with Crippen molar-refractivity contribution >= 4 is 5.90 Å². The van der Waals surface area contributed by atoms with Crippen molar-refractivity contribution in [1.82, 2.24) is 5.32 Å². The number of aliphatic imine (C=N–C) groups is 1. The zero-order chi connectivity index (χ0) is 8.27. The van der Waals surface area contributed by atoms with E-state index < -0.39 is 0 Å². The monoisotopic (exact) mass is 157 g/mol. The maximum absolute atomic E-state index is 5.54. The number of hydrogen-bond acceptors (Lipinski definition) is 4. The summed E-state index contributed by atoms with van der Waals surface area (Å²) in [5, 5.41) is 3.11. The van der Waals surface area contributed by atoms with Gasteiger partial charge in [-0.15, -0.1) is 0 Å². The van der Waals surface area contributed by atoms with Crippen molar-refractivity contribution in [3.8, 4) is 0 Å². The lowest BCUT2D eigenvalue weighted by Gasteiger charge is -2.15. The molecule has 0 radical (unpaired) electrons. The van der Waals surface area contributed by atoms with Gasteiger partial charge < -0.3 is 10.5 Å². The molecule has 64 valence electrons. The first-order chi connectivity index (χ1) is 5.20. The zero-order valence-electron chi connectivity index (χ0n) is 7.00. The van der Waals surface area contributed by atoms with Crippen molar-refractivity contribution in [2.24, 2.45) is 10.7 Å². The van der Waals surface area contributed by atoms with Crippen LogP contribution in [0.25, 0.3) is 0 Å². The van der Waals surface area contributed by atoms with E-state index in [2.05, 4.69) is 10.3 Å². The molecule has 0 aromatic rings. The van der Waals surface area contributed by atoms with Gasteiger partial charge in [0.2, 0.25) is 5.90 Å². The molecule has 0 amide bonds. The van der Waals surface area contributed by atoms with Gasteiger partial charge in [0.1, 0.15) is 6.61 Å². The van der Waals surface area contributed by atoms with Crippen molar-refractivity contribution < 1.29 is 4.74 Å². The van der Waals surface area contributed by atoms with Gasteiger partial charge >= 0.3 is 0 Å². The summed E-state index contributed by atoms with van der Waals surface area (Å²) in [5.41, 5.74) is 5.54. The fraction of sp³-hybridized carbons (Fsp3) is 0.857. The second kappa shape index (κ2) is 3.69. The lowest BCUT2D eigenvalue weighted by atomic mass is 10.3. The molecule has 0 aromatic carbocycles. The van der Waals surface area contributed by atoms with Gasteiger partial charge in [-0.05, 0) is 13.8 Å². The SMILES string of the molecule is CC(N)NC(C)C1=NCCO1. The summed E-state index contributed by atoms with van der Waals surface area (Å²) in [6.45, 7) is 5.38. The van der Waals surface area contributed by atoms with Crippen LogP contribution in [0, 0.1) is 0 Å². The quantitative estimate of drug-likeness (QED) is 0.553. The van der Waals surface area contributed by atoms with E-state index in [1.54, 1.807) is 0 Å². The minimum Gasteiger partial charge on any atom is -0.478 e. The number of nitrogens with one attached hydrogen (secondary N) is 1. The summed E-state index contributed by atoms with van der Waals surface area (Å²) < 4.78 is 5.25. The Morgan fingerprint density at radius 1 is 1.64 bits per heavy atom. The molecule has 1 rings (SSSR count). The van der Waals surface area contributed by atoms with Crippen LogP contribution in [0.1, 0.15) is 13.8 Å². The van der Waals surface area contributed by atoms with Gasteiger partial charge in [0, 0.05) is 0 Å². The fourth-order valence-electron chi connectivity index (χ4n) is 1.08. The van der Waals surface area contributed by atoms with Gasteiger partial charge in [-0.3, -0.25) is 10.3 Å². The van der Waals surface area contributed by atoms with Crippen molar-refractivity contribution in [3.05, 3.63) is 0 Å². The Morgan fingerprint density at radius 3 is 2.82 bits per heavy atom. The molecule has 0 fully saturated rings. The molecule has 4 heteroatoms. The smallest absolute Gasteiger partial charge is 0.200 e. The van der Waals surface area contributed by atoms with Crippen LogP contribution in [-0.2, 0) is 4.74 Å². The molecule has 1 aliphatic rings. The van der Waals surface area contributed by atoms with Gasteiger partial charge in [-0.2, -0.15) is 0 Å². The Bertz CT molecular complexity index is 156. The van der Waals surface area contributed by atoms with Gasteiger partial charge in [0.05, 0.1) is 18.8 Å². The molecule has 3 N–H and O–H groups in total. The van der Waals surface area contributed by atoms with E-state index in [-0.39, 0.29) is 12.2 Å². The van der Waals surface area contributed by atoms with Gasteiger partial charge in [0.15, 0.2) is 0 Å². The second-order valence-electron chi connectivity index (χ2n) is 2.75. The van der Waals surface area contributed by atoms with Crippen LogP contribution in [0.4, 0.5) is 0 Å². The molecule has 0 saturated heterocycles. The number of ether oxygens (including phenoxy) is 1. The van der Waals surface area contributed by atoms with Crippen LogP contribution in [0.15, 0.2) is 4.99 Å². The minimum atomic E-state index is -0.0168. The first-order valence-corrected chi connectivity index (χ1v) is 3.89. The Hall–Kier alpha value is -0.610. The van der Waals surface area contributed by atoms with Crippen molar-refractivity contribution in [1.29, 1.82) is 0 Å². The fourth-order valence-corrected chi connectivity index (χ4v) is 1.08. The molecule has 4 nitrogen and oxygen atoms in total. The molecule has 2 unspecified atom stereocenters. The lowest BCUT2D eigenvalue weighted by molar-refractivity contribution is 0.324. The average molecular weight is 157 g/mol. The molecular formula is C7H15N3O. The van der Waals surface area contributed by atoms with Crippen LogP contribution in [0.3, 0.4) is 0 Å². The summed E-state index contributed by atoms with van der Waals surface area (Å²) in [5.74, 6) is 0.780. The topological polar surface area (TPSA) is 59.6 Å². The highest BCUT2D eigenvalue weighted by Gasteiger charge is 2.15. The lowest BCUT2D eigenvalue weighted by Crippen LogP contribution is -2.44. The van der Waals surface area contributed by atoms with Crippen molar-refractivity contribution in [2.75, 3.05) is 13.2 Å². The molecule has 0 bridgehead atoms. The van der Waals surface area contributed by atoms with Gasteiger partial charge in [-0.25, -0.2) is 0 Å². The zero-order valence-corrected chi connectivity index (χ0v) is 7.00. The number of hydrogen-bond donors (Lipinski definition) is 2. The summed E-state index contributed by atoms with van der Waals surface area (Å²) in [7, 11) is 0. The molecule has 11 heavy (non-hydrogen) atoms. The molecular weight excluding hydrogens is 142 g/mol. The Labute approximate surface area is 66.8 Å². The highest BCUT2D eigenvalue weighted by atomic mass is 16.5. The van der Waals surface area contributed by atoms with E-state index in [0.29, 0.717) is 6.61 Å². The van der Waals surface area contributed by atoms with Crippen LogP contribution in [0.5, 0.6) is 0 Å². The third-order valence-electron chi connectivity index (χ3n) is 1.49. The third-order valence-corrected chi connectivity index (χ3v) is 1.49. The summed E-state index contributed by atoms with van der Waals surface area (Å²) in [6, 6.07) is 0.137. The Kier molecular flexibility index (Phi) is 2.84. The first-order valence-electron chi connectivity index (χ1n) is 3.89. The first kappa shape index (κ1) is 8.49. The normalized spacial score (nSPS) is 22.3. The summed E-state index contributed by atoms with van der Waals surface area (Å²) in [6.07, 6.45) is -0.0168. The van der Waals surface area contributed by atoms with Crippen LogP contribution in [-0.4, -0.2) is 31.3 Å². The van der Waals surface area contributed by atoms with E-state index in [0.717, 1.165) is 12.4 Å². The molecule has 0 aliphatic carbocycles. The molecule has 0 saturated carbocycles. The Morgan fingerprint density at radius 2 is 2.36 bits per heavy atom. The van der Waals surface area contributed by atoms with E-state index in [1.807, 2.05) is 13.8 Å². The maximum Gasteiger partial charge on any atom is 0.200 e. The number of nitrogens with zero attached hydrogens (tertiary/aromatic N) is 1. The van der Waals surface area contributed by atoms with Crippen LogP contribution >= 0.6 is 0 Å². The third kappa shape index (κ3) is 2.48. The summed E-state index contributed by atoms with van der Waals surface area (Å²) in [4.78, 5) is 4.17. The molecule has 1 heterocycles. The predicted molar refractivity (Wildman–Crippen MR) is 44.5 cm³/mol. The second-order valence-corrected chi connectivity index (χ2v) is 2.75. The summed E-state index contributed by atoms with van der Waals surface area (Å²) >= 11 is 0. The molecule has 0 spiro atoms. The van der Waals surface area contributed by atoms with Crippen molar-refractivity contribution in [3.63, 3.8) is 0 Å². The van der Waals surface area contributed by atoms with Crippen LogP contribution < -0.4 is 11.1 Å². The van der Waals surface area contributed by atoms with Gasteiger partial charge in [0.25, 0.3) is 0 Å².